The molecule has 0 saturated heterocycles. The zero-order valence-corrected chi connectivity index (χ0v) is 46.9. The van der Waals surface area contributed by atoms with Gasteiger partial charge in [0, 0.05) is 43.4 Å². The fourth-order valence-corrected chi connectivity index (χ4v) is 12.9. The van der Waals surface area contributed by atoms with Gasteiger partial charge in [0.1, 0.15) is 5.56 Å². The van der Waals surface area contributed by atoms with E-state index in [4.69, 9.17) is 24.9 Å². The second-order valence-corrected chi connectivity index (χ2v) is 22.0. The lowest BCUT2D eigenvalue weighted by Crippen LogP contribution is -2.14. The van der Waals surface area contributed by atoms with Gasteiger partial charge in [-0.15, -0.1) is 0 Å². The summed E-state index contributed by atoms with van der Waals surface area (Å²) in [4.78, 5) is 28.6. The van der Waals surface area contributed by atoms with Crippen LogP contribution >= 0.6 is 0 Å². The summed E-state index contributed by atoms with van der Waals surface area (Å²) in [6.07, 6.45) is 0. The first-order chi connectivity index (χ1) is 43.1. The quantitative estimate of drug-likeness (QED) is 0.136. The van der Waals surface area contributed by atoms with Crippen LogP contribution in [0.4, 0.5) is 0 Å². The van der Waals surface area contributed by atoms with Gasteiger partial charge in [-0.05, 0) is 105 Å². The maximum atomic E-state index is 6.04. The topological polar surface area (TPSA) is 79.2 Å². The molecule has 0 aliphatic carbocycles. The molecule has 0 N–H and O–H groups in total. The maximum Gasteiger partial charge on any atom is 0.238 e. The lowest BCUT2D eigenvalue weighted by atomic mass is 10.0. The van der Waals surface area contributed by atoms with E-state index in [-0.39, 0.29) is 0 Å². The Morgan fingerprint density at radius 1 is 0.184 bits per heavy atom. The van der Waals surface area contributed by atoms with Crippen LogP contribution in [0, 0.1) is 0 Å². The Morgan fingerprint density at radius 2 is 0.448 bits per heavy atom. The minimum atomic E-state index is 0.412. The molecule has 12 aromatic carbocycles. The van der Waals surface area contributed by atoms with Crippen LogP contribution in [-0.4, -0.2) is 38.6 Å². The molecule has 8 nitrogen and oxygen atoms in total. The molecule has 0 radical (unpaired) electrons. The van der Waals surface area contributed by atoms with Gasteiger partial charge in [0.25, 0.3) is 0 Å². The van der Waals surface area contributed by atoms with Crippen LogP contribution in [0.3, 0.4) is 0 Å². The van der Waals surface area contributed by atoms with Crippen LogP contribution in [0.15, 0.2) is 303 Å². The summed E-state index contributed by atoms with van der Waals surface area (Å²) >= 11 is 0. The molecule has 5 aromatic heterocycles. The smallest absolute Gasteiger partial charge is 0.238 e. The van der Waals surface area contributed by atoms with Crippen LogP contribution < -0.4 is 0 Å². The highest BCUT2D eigenvalue weighted by Gasteiger charge is 2.30. The number of hydrogen-bond donors (Lipinski definition) is 0. The average molecular weight is 1110 g/mol. The van der Waals surface area contributed by atoms with Crippen molar-refractivity contribution in [3.8, 4) is 96.3 Å². The molecule has 5 heterocycles. The van der Waals surface area contributed by atoms with Crippen molar-refractivity contribution in [2.45, 2.75) is 0 Å². The van der Waals surface area contributed by atoms with Gasteiger partial charge in [0.05, 0.1) is 33.1 Å². The summed E-state index contributed by atoms with van der Waals surface area (Å²) in [5.41, 5.74) is 17.0. The summed E-state index contributed by atoms with van der Waals surface area (Å²) in [6, 6.07) is 107. The Hall–Kier alpha value is -11.9. The first-order valence-electron chi connectivity index (χ1n) is 29.3. The highest BCUT2D eigenvalue weighted by Crippen LogP contribution is 2.45. The van der Waals surface area contributed by atoms with Gasteiger partial charge < -0.3 is 0 Å². The van der Waals surface area contributed by atoms with Gasteiger partial charge in [-0.1, -0.05) is 243 Å². The fourth-order valence-electron chi connectivity index (χ4n) is 12.9. The number of hydrogen-bond acceptors (Lipinski definition) is 5. The van der Waals surface area contributed by atoms with Gasteiger partial charge in [0.15, 0.2) is 29.1 Å². The molecular formula is C79H50N8. The molecule has 0 aliphatic rings. The molecule has 0 amide bonds. The third-order valence-corrected chi connectivity index (χ3v) is 16.9. The molecule has 17 rings (SSSR count). The van der Waals surface area contributed by atoms with Gasteiger partial charge in [0.2, 0.25) is 5.95 Å². The third-order valence-electron chi connectivity index (χ3n) is 16.9. The van der Waals surface area contributed by atoms with Crippen LogP contribution in [0.5, 0.6) is 0 Å². The molecule has 17 aromatic rings. The number of para-hydroxylation sites is 2. The van der Waals surface area contributed by atoms with E-state index < -0.39 is 0 Å². The van der Waals surface area contributed by atoms with Gasteiger partial charge in [-0.25, -0.2) is 15.0 Å². The first-order valence-corrected chi connectivity index (χ1v) is 29.3. The van der Waals surface area contributed by atoms with Crippen LogP contribution in [0.1, 0.15) is 0 Å². The number of fused-ring (bicyclic) bond motifs is 9. The molecule has 8 heteroatoms. The zero-order chi connectivity index (χ0) is 57.4. The summed E-state index contributed by atoms with van der Waals surface area (Å²) < 4.78 is 6.88. The molecule has 0 fully saturated rings. The Kier molecular flexibility index (Phi) is 11.7. The molecule has 87 heavy (non-hydrogen) atoms. The van der Waals surface area contributed by atoms with Gasteiger partial charge in [-0.3, -0.25) is 13.7 Å². The minimum absolute atomic E-state index is 0.412. The van der Waals surface area contributed by atoms with E-state index in [2.05, 4.69) is 281 Å². The van der Waals surface area contributed by atoms with Crippen molar-refractivity contribution < 1.29 is 0 Å². The Labute approximate surface area is 500 Å². The Balaban J connectivity index is 1.08. The van der Waals surface area contributed by atoms with E-state index in [1.54, 1.807) is 0 Å². The predicted octanol–water partition coefficient (Wildman–Crippen LogP) is 19.6. The normalized spacial score (nSPS) is 11.7. The fraction of sp³-hybridized carbons (Fsp3) is 0. The van der Waals surface area contributed by atoms with Crippen LogP contribution in [0.2, 0.25) is 0 Å². The molecule has 406 valence electrons. The van der Waals surface area contributed by atoms with Gasteiger partial charge in [-0.2, -0.15) is 9.97 Å². The third kappa shape index (κ3) is 8.41. The SMILES string of the molecule is c1ccc(-c2ccc3c(c2)c2cc(-c4ccccc4)ccc2n3-c2nc(-n3c4ccccc4c4ccccc43)nc(-n3c4ccc(-c5ccccc5)cc4c4cc(-c5ccccc5)ccc43)c2-c2nc(-c3ccccc3)nc(-c3ccccc3)n2)cc1. The molecule has 0 aliphatic heterocycles. The van der Waals surface area contributed by atoms with E-state index in [1.165, 1.54) is 0 Å². The van der Waals surface area contributed by atoms with Crippen molar-refractivity contribution in [2.75, 3.05) is 0 Å². The van der Waals surface area contributed by atoms with Crippen molar-refractivity contribution >= 4 is 65.4 Å². The minimum Gasteiger partial charge on any atom is -0.293 e. The van der Waals surface area contributed by atoms with Gasteiger partial charge >= 0.3 is 0 Å². The molecule has 0 saturated carbocycles. The van der Waals surface area contributed by atoms with E-state index in [1.807, 2.05) is 36.4 Å². The summed E-state index contributed by atoms with van der Waals surface area (Å²) in [6.45, 7) is 0. The highest BCUT2D eigenvalue weighted by atomic mass is 15.2. The largest absolute Gasteiger partial charge is 0.293 e. The Bertz CT molecular complexity index is 4960. The number of aromatic nitrogens is 8. The summed E-state index contributed by atoms with van der Waals surface area (Å²) in [7, 11) is 0. The predicted molar refractivity (Wildman–Crippen MR) is 356 cm³/mol. The summed E-state index contributed by atoms with van der Waals surface area (Å²) in [5.74, 6) is 3.13. The summed E-state index contributed by atoms with van der Waals surface area (Å²) in [5, 5.41) is 6.46. The van der Waals surface area contributed by atoms with Crippen molar-refractivity contribution in [1.82, 2.24) is 38.6 Å². The zero-order valence-electron chi connectivity index (χ0n) is 46.9. The van der Waals surface area contributed by atoms with Crippen molar-refractivity contribution in [3.05, 3.63) is 303 Å². The number of rotatable bonds is 10. The second-order valence-electron chi connectivity index (χ2n) is 22.0. The number of nitrogens with zero attached hydrogens (tertiary/aromatic N) is 8. The van der Waals surface area contributed by atoms with Crippen molar-refractivity contribution in [1.29, 1.82) is 0 Å². The maximum absolute atomic E-state index is 6.04. The monoisotopic (exact) mass is 1110 g/mol. The Morgan fingerprint density at radius 3 is 0.770 bits per heavy atom. The van der Waals surface area contributed by atoms with E-state index in [9.17, 15) is 0 Å². The lowest BCUT2D eigenvalue weighted by molar-refractivity contribution is 0.914. The average Bonchev–Trinajstić information content (AvgIpc) is 1.75. The standard InChI is InChI=1S/C79H50N8/c1-7-23-51(24-8-1)57-39-43-69-63(47-57)64-48-58(52-25-9-2-10-26-52)40-44-70(64)85(69)77-73(76-81-74(55-31-15-5-16-32-55)80-75(82-76)56-33-17-6-18-34-56)78(84-79(83-77)87-67-37-21-19-35-61(67)62-36-20-22-38-68(62)87)86-71-45-41-59(53-27-11-3-12-28-53)49-65(71)66-50-60(42-46-72(66)86)54-29-13-4-14-30-54/h1-50H. The molecular weight excluding hydrogens is 1060 g/mol. The lowest BCUT2D eigenvalue weighted by Gasteiger charge is -2.20. The van der Waals surface area contributed by atoms with E-state index in [0.717, 1.165) is 121 Å². The molecule has 0 spiro atoms. The highest BCUT2D eigenvalue weighted by molar-refractivity contribution is 6.14. The first kappa shape index (κ1) is 49.7. The van der Waals surface area contributed by atoms with Crippen molar-refractivity contribution in [2.24, 2.45) is 0 Å². The van der Waals surface area contributed by atoms with E-state index >= 15 is 0 Å². The molecule has 0 bridgehead atoms. The second kappa shape index (κ2) is 20.5. The van der Waals surface area contributed by atoms with Crippen molar-refractivity contribution in [3.63, 3.8) is 0 Å². The molecule has 0 atom stereocenters. The van der Waals surface area contributed by atoms with E-state index in [0.29, 0.717) is 40.6 Å². The number of benzene rings is 12. The van der Waals surface area contributed by atoms with Crippen LogP contribution in [0.25, 0.3) is 162 Å². The van der Waals surface area contributed by atoms with Crippen LogP contribution in [-0.2, 0) is 0 Å². The molecule has 0 unspecified atom stereocenters.